The van der Waals surface area contributed by atoms with E-state index < -0.39 is 0 Å². The molecule has 4 atom stereocenters. The van der Waals surface area contributed by atoms with E-state index >= 15 is 0 Å². The zero-order chi connectivity index (χ0) is 14.9. The molecule has 0 aromatic heterocycles. The van der Waals surface area contributed by atoms with E-state index in [1.54, 1.807) is 7.11 Å². The van der Waals surface area contributed by atoms with Gasteiger partial charge >= 0.3 is 0 Å². The Bertz CT molecular complexity index is 458. The Morgan fingerprint density at radius 2 is 2.00 bits per heavy atom. The highest BCUT2D eigenvalue weighted by Gasteiger charge is 2.31. The fraction of sp³-hybridized carbons (Fsp3) is 0.647. The first-order valence-electron chi connectivity index (χ1n) is 7.64. The quantitative estimate of drug-likeness (QED) is 0.917. The Labute approximate surface area is 123 Å². The van der Waals surface area contributed by atoms with Crippen LogP contribution in [-0.2, 0) is 0 Å². The molecule has 1 aromatic rings. The lowest BCUT2D eigenvalue weighted by Gasteiger charge is -2.44. The van der Waals surface area contributed by atoms with Crippen molar-refractivity contribution in [3.8, 4) is 5.75 Å². The third-order valence-electron chi connectivity index (χ3n) is 4.63. The number of benzene rings is 1. The lowest BCUT2D eigenvalue weighted by atomic mass is 9.85. The van der Waals surface area contributed by atoms with Gasteiger partial charge in [-0.2, -0.15) is 0 Å². The van der Waals surface area contributed by atoms with Crippen LogP contribution in [0.4, 0.5) is 5.69 Å². The molecule has 2 N–H and O–H groups in total. The van der Waals surface area contributed by atoms with Crippen molar-refractivity contribution >= 4 is 5.69 Å². The highest BCUT2D eigenvalue weighted by atomic mass is 16.5. The molecule has 1 fully saturated rings. The third kappa shape index (κ3) is 2.78. The molecule has 0 amide bonds. The van der Waals surface area contributed by atoms with Crippen LogP contribution >= 0.6 is 0 Å². The largest absolute Gasteiger partial charge is 0.496 e. The first-order chi connectivity index (χ1) is 9.45. The van der Waals surface area contributed by atoms with Crippen molar-refractivity contribution < 1.29 is 4.74 Å². The monoisotopic (exact) mass is 276 g/mol. The Morgan fingerprint density at radius 3 is 2.60 bits per heavy atom. The summed E-state index contributed by atoms with van der Waals surface area (Å²) < 4.78 is 5.52. The Hall–Kier alpha value is -1.22. The first kappa shape index (κ1) is 15.2. The molecule has 0 radical (unpaired) electrons. The summed E-state index contributed by atoms with van der Waals surface area (Å²) in [7, 11) is 1.72. The predicted molar refractivity (Wildman–Crippen MR) is 85.3 cm³/mol. The molecule has 3 unspecified atom stereocenters. The topological polar surface area (TPSA) is 38.5 Å². The van der Waals surface area contributed by atoms with Crippen LogP contribution in [0.3, 0.4) is 0 Å². The molecule has 3 nitrogen and oxygen atoms in total. The van der Waals surface area contributed by atoms with E-state index in [2.05, 4.69) is 37.8 Å². The van der Waals surface area contributed by atoms with Gasteiger partial charge in [0.1, 0.15) is 5.75 Å². The smallest absolute Gasteiger partial charge is 0.125 e. The molecule has 1 aliphatic heterocycles. The molecule has 1 heterocycles. The van der Waals surface area contributed by atoms with E-state index in [1.807, 2.05) is 13.0 Å². The van der Waals surface area contributed by atoms with Gasteiger partial charge in [0.05, 0.1) is 7.11 Å². The minimum absolute atomic E-state index is 0.0270. The van der Waals surface area contributed by atoms with Crippen molar-refractivity contribution in [2.24, 2.45) is 17.6 Å². The summed E-state index contributed by atoms with van der Waals surface area (Å²) in [5.74, 6) is 2.31. The normalized spacial score (nSPS) is 28.3. The molecule has 0 bridgehead atoms. The fourth-order valence-corrected chi connectivity index (χ4v) is 3.45. The summed E-state index contributed by atoms with van der Waals surface area (Å²) in [6, 6.07) is 6.76. The van der Waals surface area contributed by atoms with E-state index in [1.165, 1.54) is 12.1 Å². The van der Waals surface area contributed by atoms with Crippen molar-refractivity contribution in [2.75, 3.05) is 18.6 Å². The second-order valence-electron chi connectivity index (χ2n) is 6.39. The van der Waals surface area contributed by atoms with Gasteiger partial charge < -0.3 is 15.4 Å². The summed E-state index contributed by atoms with van der Waals surface area (Å²) in [5, 5.41) is 0. The maximum Gasteiger partial charge on any atom is 0.125 e. The summed E-state index contributed by atoms with van der Waals surface area (Å²) in [5.41, 5.74) is 8.57. The van der Waals surface area contributed by atoms with Gasteiger partial charge in [-0.05, 0) is 44.2 Å². The molecule has 1 aromatic carbocycles. The predicted octanol–water partition coefficient (Wildman–Crippen LogP) is 3.59. The number of anilines is 1. The number of piperidine rings is 1. The molecule has 112 valence electrons. The van der Waals surface area contributed by atoms with Crippen LogP contribution < -0.4 is 15.4 Å². The van der Waals surface area contributed by atoms with Crippen LogP contribution in [0, 0.1) is 11.8 Å². The summed E-state index contributed by atoms with van der Waals surface area (Å²) >= 11 is 0. The molecule has 0 spiro atoms. The van der Waals surface area contributed by atoms with Crippen molar-refractivity contribution in [3.63, 3.8) is 0 Å². The molecular weight excluding hydrogens is 248 g/mol. The van der Waals surface area contributed by atoms with Gasteiger partial charge in [0.2, 0.25) is 0 Å². The lowest BCUT2D eigenvalue weighted by molar-refractivity contribution is 0.296. The fourth-order valence-electron chi connectivity index (χ4n) is 3.45. The van der Waals surface area contributed by atoms with Crippen molar-refractivity contribution in [1.29, 1.82) is 0 Å². The van der Waals surface area contributed by atoms with Crippen LogP contribution in [0.15, 0.2) is 18.2 Å². The molecule has 1 saturated heterocycles. The van der Waals surface area contributed by atoms with Gasteiger partial charge in [0.15, 0.2) is 0 Å². The Kier molecular flexibility index (Phi) is 4.59. The number of ether oxygens (including phenoxy) is 1. The Morgan fingerprint density at radius 1 is 1.30 bits per heavy atom. The van der Waals surface area contributed by atoms with Gasteiger partial charge in [-0.3, -0.25) is 0 Å². The number of nitrogens with zero attached hydrogens (tertiary/aromatic N) is 1. The van der Waals surface area contributed by atoms with E-state index in [-0.39, 0.29) is 6.04 Å². The van der Waals surface area contributed by atoms with E-state index in [0.29, 0.717) is 17.9 Å². The van der Waals surface area contributed by atoms with Crippen molar-refractivity contribution in [1.82, 2.24) is 0 Å². The molecule has 0 aliphatic carbocycles. The second-order valence-corrected chi connectivity index (χ2v) is 6.39. The average Bonchev–Trinajstić information content (AvgIpc) is 2.41. The third-order valence-corrected chi connectivity index (χ3v) is 4.63. The van der Waals surface area contributed by atoms with Gasteiger partial charge in [-0.1, -0.05) is 19.9 Å². The van der Waals surface area contributed by atoms with Gasteiger partial charge in [-0.15, -0.1) is 0 Å². The average molecular weight is 276 g/mol. The van der Waals surface area contributed by atoms with E-state index in [0.717, 1.165) is 17.9 Å². The van der Waals surface area contributed by atoms with E-state index in [4.69, 9.17) is 10.5 Å². The van der Waals surface area contributed by atoms with Crippen molar-refractivity contribution in [2.45, 2.75) is 46.2 Å². The lowest BCUT2D eigenvalue weighted by Crippen LogP contribution is -2.46. The van der Waals surface area contributed by atoms with Gasteiger partial charge in [-0.25, -0.2) is 0 Å². The van der Waals surface area contributed by atoms with Crippen LogP contribution in [0.5, 0.6) is 5.75 Å². The summed E-state index contributed by atoms with van der Waals surface area (Å²) in [6.45, 7) is 10.1. The molecule has 1 aliphatic rings. The van der Waals surface area contributed by atoms with Crippen LogP contribution in [-0.4, -0.2) is 19.7 Å². The number of hydrogen-bond acceptors (Lipinski definition) is 3. The number of nitrogens with two attached hydrogens (primary N) is 1. The number of rotatable bonds is 3. The van der Waals surface area contributed by atoms with Crippen LogP contribution in [0.2, 0.25) is 0 Å². The summed E-state index contributed by atoms with van der Waals surface area (Å²) in [6.07, 6.45) is 1.30. The standard InChI is InChI=1S/C17H28N2O/c1-11-9-12(2)14(4)19(10-11)15-7-6-8-16(20-5)17(15)13(3)18/h6-8,11-14H,9-10,18H2,1-5H3/t11?,12?,13-,14?/m1/s1. The van der Waals surface area contributed by atoms with Crippen LogP contribution in [0.25, 0.3) is 0 Å². The molecule has 2 rings (SSSR count). The number of hydrogen-bond donors (Lipinski definition) is 1. The highest BCUT2D eigenvalue weighted by Crippen LogP contribution is 2.38. The minimum atomic E-state index is -0.0270. The maximum atomic E-state index is 6.21. The molecule has 3 heteroatoms. The zero-order valence-electron chi connectivity index (χ0n) is 13.4. The first-order valence-corrected chi connectivity index (χ1v) is 7.64. The number of methoxy groups -OCH3 is 1. The minimum Gasteiger partial charge on any atom is -0.496 e. The Balaban J connectivity index is 2.45. The molecule has 0 saturated carbocycles. The van der Waals surface area contributed by atoms with Crippen LogP contribution in [0.1, 0.15) is 45.7 Å². The van der Waals surface area contributed by atoms with Gasteiger partial charge in [0.25, 0.3) is 0 Å². The van der Waals surface area contributed by atoms with Gasteiger partial charge in [0, 0.05) is 29.9 Å². The SMILES string of the molecule is COc1cccc(N2CC(C)CC(C)C2C)c1[C@@H](C)N. The van der Waals surface area contributed by atoms with Crippen molar-refractivity contribution in [3.05, 3.63) is 23.8 Å². The summed E-state index contributed by atoms with van der Waals surface area (Å²) in [4.78, 5) is 2.51. The van der Waals surface area contributed by atoms with E-state index in [9.17, 15) is 0 Å². The zero-order valence-corrected chi connectivity index (χ0v) is 13.4. The molecular formula is C17H28N2O. The second kappa shape index (κ2) is 6.04. The molecule has 20 heavy (non-hydrogen) atoms. The maximum absolute atomic E-state index is 6.21. The highest BCUT2D eigenvalue weighted by molar-refractivity contribution is 5.61.